The number of benzene rings is 1. The molecule has 0 radical (unpaired) electrons. The Labute approximate surface area is 204 Å². The standard InChI is InChI=1S/C29H39N3O2/c1-21-7-12-27(29(33)32-18-15-23-5-3-4-6-25(23)20-32)28(30-21)24-13-16-31(17-14-24)19-22-8-10-26(34-2)11-9-22/h7-12,23-25H,3-6,13-20H2,1-2H3. The molecule has 1 aromatic heterocycles. The molecular weight excluding hydrogens is 422 g/mol. The van der Waals surface area contributed by atoms with Crippen LogP contribution in [0.2, 0.25) is 0 Å². The summed E-state index contributed by atoms with van der Waals surface area (Å²) in [5.74, 6) is 3.02. The molecule has 5 rings (SSSR count). The van der Waals surface area contributed by atoms with Gasteiger partial charge in [-0.05, 0) is 87.4 Å². The van der Waals surface area contributed by atoms with E-state index >= 15 is 0 Å². The number of carbonyl (C=O) groups excluding carboxylic acids is 1. The largest absolute Gasteiger partial charge is 0.497 e. The highest BCUT2D eigenvalue weighted by atomic mass is 16.5. The monoisotopic (exact) mass is 461 g/mol. The van der Waals surface area contributed by atoms with Crippen molar-refractivity contribution < 1.29 is 9.53 Å². The van der Waals surface area contributed by atoms with Crippen molar-refractivity contribution in [2.24, 2.45) is 11.8 Å². The van der Waals surface area contributed by atoms with Gasteiger partial charge in [0.1, 0.15) is 5.75 Å². The third-order valence-corrected chi connectivity index (χ3v) is 8.41. The molecule has 2 aromatic rings. The van der Waals surface area contributed by atoms with Crippen molar-refractivity contribution in [2.75, 3.05) is 33.3 Å². The van der Waals surface area contributed by atoms with Crippen LogP contribution in [0.25, 0.3) is 0 Å². The maximum atomic E-state index is 13.7. The first-order chi connectivity index (χ1) is 16.6. The summed E-state index contributed by atoms with van der Waals surface area (Å²) < 4.78 is 5.28. The van der Waals surface area contributed by atoms with Crippen molar-refractivity contribution in [1.82, 2.24) is 14.8 Å². The Morgan fingerprint density at radius 3 is 2.41 bits per heavy atom. The van der Waals surface area contributed by atoms with E-state index in [1.807, 2.05) is 25.1 Å². The van der Waals surface area contributed by atoms with Crippen molar-refractivity contribution in [3.05, 3.63) is 58.9 Å². The summed E-state index contributed by atoms with van der Waals surface area (Å²) in [4.78, 5) is 23.3. The lowest BCUT2D eigenvalue weighted by atomic mass is 9.75. The van der Waals surface area contributed by atoms with E-state index in [0.29, 0.717) is 11.8 Å². The fraction of sp³-hybridized carbons (Fsp3) is 0.586. The van der Waals surface area contributed by atoms with Gasteiger partial charge in [0.15, 0.2) is 0 Å². The number of likely N-dealkylation sites (tertiary alicyclic amines) is 2. The Kier molecular flexibility index (Phi) is 7.19. The molecule has 1 aromatic carbocycles. The van der Waals surface area contributed by atoms with Gasteiger partial charge in [0.05, 0.1) is 18.4 Å². The van der Waals surface area contributed by atoms with Crippen LogP contribution in [0.3, 0.4) is 0 Å². The minimum Gasteiger partial charge on any atom is -0.497 e. The second kappa shape index (κ2) is 10.5. The molecule has 2 aliphatic heterocycles. The van der Waals surface area contributed by atoms with E-state index in [1.165, 1.54) is 37.7 Å². The topological polar surface area (TPSA) is 45.7 Å². The van der Waals surface area contributed by atoms with Gasteiger partial charge in [-0.25, -0.2) is 0 Å². The second-order valence-electron chi connectivity index (χ2n) is 10.6. The number of pyridine rings is 1. The summed E-state index contributed by atoms with van der Waals surface area (Å²) in [6, 6.07) is 12.4. The number of aryl methyl sites for hydroxylation is 1. The lowest BCUT2D eigenvalue weighted by Gasteiger charge is -2.41. The van der Waals surface area contributed by atoms with E-state index in [-0.39, 0.29) is 5.91 Å². The number of rotatable bonds is 5. The van der Waals surface area contributed by atoms with Gasteiger partial charge in [-0.2, -0.15) is 0 Å². The van der Waals surface area contributed by atoms with Gasteiger partial charge in [0.2, 0.25) is 0 Å². The number of hydrogen-bond acceptors (Lipinski definition) is 4. The highest BCUT2D eigenvalue weighted by Crippen LogP contribution is 2.37. The summed E-state index contributed by atoms with van der Waals surface area (Å²) in [5.41, 5.74) is 4.22. The smallest absolute Gasteiger partial charge is 0.255 e. The van der Waals surface area contributed by atoms with Crippen LogP contribution in [-0.2, 0) is 6.54 Å². The minimum atomic E-state index is 0.215. The number of nitrogens with zero attached hydrogens (tertiary/aromatic N) is 3. The van der Waals surface area contributed by atoms with Gasteiger partial charge < -0.3 is 9.64 Å². The van der Waals surface area contributed by atoms with Gasteiger partial charge in [-0.15, -0.1) is 0 Å². The molecule has 2 unspecified atom stereocenters. The number of fused-ring (bicyclic) bond motifs is 1. The zero-order chi connectivity index (χ0) is 23.5. The molecule has 3 heterocycles. The van der Waals surface area contributed by atoms with E-state index < -0.39 is 0 Å². The van der Waals surface area contributed by atoms with Gasteiger partial charge in [-0.3, -0.25) is 14.7 Å². The molecule has 3 fully saturated rings. The lowest BCUT2D eigenvalue weighted by molar-refractivity contribution is 0.0518. The molecule has 34 heavy (non-hydrogen) atoms. The lowest BCUT2D eigenvalue weighted by Crippen LogP contribution is -2.45. The van der Waals surface area contributed by atoms with Crippen LogP contribution < -0.4 is 4.74 Å². The maximum Gasteiger partial charge on any atom is 0.255 e. The fourth-order valence-corrected chi connectivity index (χ4v) is 6.38. The molecule has 182 valence electrons. The molecule has 5 heteroatoms. The third kappa shape index (κ3) is 5.14. The van der Waals surface area contributed by atoms with Gasteiger partial charge in [0, 0.05) is 31.2 Å². The van der Waals surface area contributed by atoms with Crippen LogP contribution in [-0.4, -0.2) is 54.0 Å². The van der Waals surface area contributed by atoms with E-state index in [0.717, 1.165) is 74.2 Å². The van der Waals surface area contributed by atoms with Crippen LogP contribution in [0.4, 0.5) is 0 Å². The first-order valence-electron chi connectivity index (χ1n) is 13.2. The zero-order valence-corrected chi connectivity index (χ0v) is 20.8. The summed E-state index contributed by atoms with van der Waals surface area (Å²) in [5, 5.41) is 0. The number of methoxy groups -OCH3 is 1. The predicted octanol–water partition coefficient (Wildman–Crippen LogP) is 5.43. The second-order valence-corrected chi connectivity index (χ2v) is 10.6. The van der Waals surface area contributed by atoms with Crippen LogP contribution in [0.1, 0.15) is 78.2 Å². The summed E-state index contributed by atoms with van der Waals surface area (Å²) in [6.45, 7) is 6.93. The van der Waals surface area contributed by atoms with Crippen molar-refractivity contribution in [3.63, 3.8) is 0 Å². The van der Waals surface area contributed by atoms with Crippen LogP contribution in [0.15, 0.2) is 36.4 Å². The Morgan fingerprint density at radius 2 is 1.68 bits per heavy atom. The van der Waals surface area contributed by atoms with Crippen LogP contribution in [0.5, 0.6) is 5.75 Å². The Hall–Kier alpha value is -2.40. The summed E-state index contributed by atoms with van der Waals surface area (Å²) in [7, 11) is 1.70. The number of ether oxygens (including phenoxy) is 1. The van der Waals surface area contributed by atoms with Gasteiger partial charge in [-0.1, -0.05) is 31.4 Å². The fourth-order valence-electron chi connectivity index (χ4n) is 6.38. The predicted molar refractivity (Wildman–Crippen MR) is 135 cm³/mol. The molecule has 1 aliphatic carbocycles. The number of amides is 1. The highest BCUT2D eigenvalue weighted by molar-refractivity contribution is 5.95. The van der Waals surface area contributed by atoms with E-state index in [1.54, 1.807) is 7.11 Å². The van der Waals surface area contributed by atoms with Crippen molar-refractivity contribution in [3.8, 4) is 5.75 Å². The van der Waals surface area contributed by atoms with Crippen molar-refractivity contribution >= 4 is 5.91 Å². The van der Waals surface area contributed by atoms with E-state index in [9.17, 15) is 4.79 Å². The van der Waals surface area contributed by atoms with Crippen LogP contribution in [0, 0.1) is 18.8 Å². The molecule has 1 amide bonds. The SMILES string of the molecule is COc1ccc(CN2CCC(c3nc(C)ccc3C(=O)N3CCC4CCCCC4C3)CC2)cc1. The Bertz CT molecular complexity index is 981. The maximum absolute atomic E-state index is 13.7. The molecule has 1 saturated carbocycles. The summed E-state index contributed by atoms with van der Waals surface area (Å²) >= 11 is 0. The molecule has 2 atom stereocenters. The van der Waals surface area contributed by atoms with Crippen LogP contribution >= 0.6 is 0 Å². The number of carbonyl (C=O) groups is 1. The normalized spacial score (nSPS) is 24.0. The first kappa shape index (κ1) is 23.3. The first-order valence-corrected chi connectivity index (χ1v) is 13.2. The average Bonchev–Trinajstić information content (AvgIpc) is 2.89. The zero-order valence-electron chi connectivity index (χ0n) is 20.8. The van der Waals surface area contributed by atoms with E-state index in [4.69, 9.17) is 9.72 Å². The number of aromatic nitrogens is 1. The molecule has 0 bridgehead atoms. The third-order valence-electron chi connectivity index (χ3n) is 8.41. The molecular formula is C29H39N3O2. The van der Waals surface area contributed by atoms with Gasteiger partial charge >= 0.3 is 0 Å². The number of hydrogen-bond donors (Lipinski definition) is 0. The Balaban J connectivity index is 1.24. The minimum absolute atomic E-state index is 0.215. The van der Waals surface area contributed by atoms with Crippen molar-refractivity contribution in [1.29, 1.82) is 0 Å². The molecule has 0 spiro atoms. The molecule has 5 nitrogen and oxygen atoms in total. The van der Waals surface area contributed by atoms with Crippen molar-refractivity contribution in [2.45, 2.75) is 64.3 Å². The van der Waals surface area contributed by atoms with E-state index in [2.05, 4.69) is 28.0 Å². The molecule has 3 aliphatic rings. The molecule has 2 saturated heterocycles. The summed E-state index contributed by atoms with van der Waals surface area (Å²) in [6.07, 6.45) is 8.64. The number of piperidine rings is 2. The van der Waals surface area contributed by atoms with Gasteiger partial charge in [0.25, 0.3) is 5.91 Å². The highest BCUT2D eigenvalue weighted by Gasteiger charge is 2.35. The average molecular weight is 462 g/mol. The Morgan fingerprint density at radius 1 is 0.941 bits per heavy atom. The molecule has 0 N–H and O–H groups in total. The quantitative estimate of drug-likeness (QED) is 0.596.